The van der Waals surface area contributed by atoms with Gasteiger partial charge in [0.15, 0.2) is 0 Å². The van der Waals surface area contributed by atoms with Crippen LogP contribution in [-0.2, 0) is 6.42 Å². The molecule has 0 aliphatic rings. The van der Waals surface area contributed by atoms with Gasteiger partial charge in [0.1, 0.15) is 0 Å². The lowest BCUT2D eigenvalue weighted by Crippen LogP contribution is -2.24. The molecule has 1 rings (SSSR count). The van der Waals surface area contributed by atoms with Crippen LogP contribution in [0, 0.1) is 0 Å². The second-order valence-electron chi connectivity index (χ2n) is 10.7. The minimum atomic E-state index is -0.0400. The van der Waals surface area contributed by atoms with E-state index in [0.29, 0.717) is 0 Å². The summed E-state index contributed by atoms with van der Waals surface area (Å²) in [6, 6.07) is 11.0. The molecule has 200 valence electrons. The summed E-state index contributed by atoms with van der Waals surface area (Å²) in [6.07, 6.45) is 31.3. The molecular formula is C32H60ClN. The Hall–Kier alpha value is -0.530. The predicted molar refractivity (Wildman–Crippen MR) is 157 cm³/mol. The number of rotatable bonds is 24. The van der Waals surface area contributed by atoms with Gasteiger partial charge in [0.2, 0.25) is 0 Å². The van der Waals surface area contributed by atoms with E-state index in [2.05, 4.69) is 44.2 Å². The van der Waals surface area contributed by atoms with E-state index < -0.39 is 0 Å². The van der Waals surface area contributed by atoms with E-state index in [0.717, 1.165) is 6.42 Å². The highest BCUT2D eigenvalue weighted by atomic mass is 35.5. The Bertz CT molecular complexity index is 491. The number of unbranched alkanes of at least 4 members (excludes halogenated alkanes) is 18. The Kier molecular flexibility index (Phi) is 23.8. The van der Waals surface area contributed by atoms with Gasteiger partial charge in [-0.1, -0.05) is 173 Å². The summed E-state index contributed by atoms with van der Waals surface area (Å²) >= 11 is 7.30. The third-order valence-corrected chi connectivity index (χ3v) is 7.83. The lowest BCUT2D eigenvalue weighted by atomic mass is 9.87. The van der Waals surface area contributed by atoms with Crippen molar-refractivity contribution >= 4 is 11.6 Å². The van der Waals surface area contributed by atoms with E-state index in [1.165, 1.54) is 147 Å². The molecule has 0 spiro atoms. The Labute approximate surface area is 219 Å². The van der Waals surface area contributed by atoms with Gasteiger partial charge in [0.05, 0.1) is 0 Å². The third kappa shape index (κ3) is 19.7. The number of halogens is 1. The van der Waals surface area contributed by atoms with Crippen LogP contribution in [0.3, 0.4) is 0 Å². The highest BCUT2D eigenvalue weighted by Gasteiger charge is 2.26. The van der Waals surface area contributed by atoms with Crippen LogP contribution in [0.2, 0.25) is 0 Å². The van der Waals surface area contributed by atoms with Crippen molar-refractivity contribution in [2.75, 3.05) is 0 Å². The normalized spacial score (nSPS) is 11.5. The Morgan fingerprint density at radius 3 is 1.18 bits per heavy atom. The lowest BCUT2D eigenvalue weighted by molar-refractivity contribution is 0.429. The van der Waals surface area contributed by atoms with Crippen molar-refractivity contribution in [3.8, 4) is 0 Å². The van der Waals surface area contributed by atoms with Gasteiger partial charge in [0, 0.05) is 4.87 Å². The monoisotopic (exact) mass is 493 g/mol. The van der Waals surface area contributed by atoms with Gasteiger partial charge in [-0.25, -0.2) is 0 Å². The maximum atomic E-state index is 7.30. The van der Waals surface area contributed by atoms with Crippen LogP contribution in [0.25, 0.3) is 0 Å². The summed E-state index contributed by atoms with van der Waals surface area (Å²) in [4.78, 5) is -0.0400. The van der Waals surface area contributed by atoms with Crippen molar-refractivity contribution in [2.24, 2.45) is 0 Å². The summed E-state index contributed by atoms with van der Waals surface area (Å²) in [7, 11) is 0. The minimum absolute atomic E-state index is 0. The van der Waals surface area contributed by atoms with E-state index in [1.54, 1.807) is 0 Å². The number of hydrogen-bond acceptors (Lipinski definition) is 1. The van der Waals surface area contributed by atoms with Crippen molar-refractivity contribution < 1.29 is 0 Å². The van der Waals surface area contributed by atoms with Gasteiger partial charge in [0.25, 0.3) is 0 Å². The van der Waals surface area contributed by atoms with E-state index in [4.69, 9.17) is 11.6 Å². The Morgan fingerprint density at radius 2 is 0.824 bits per heavy atom. The average Bonchev–Trinajstić information content (AvgIpc) is 2.82. The third-order valence-electron chi connectivity index (χ3n) is 7.32. The van der Waals surface area contributed by atoms with Crippen LogP contribution in [-0.4, -0.2) is 4.87 Å². The Balaban J connectivity index is 0.0000109. The van der Waals surface area contributed by atoms with Crippen molar-refractivity contribution in [1.82, 2.24) is 6.15 Å². The number of hydrogen-bond donors (Lipinski definition) is 1. The van der Waals surface area contributed by atoms with Crippen molar-refractivity contribution in [3.63, 3.8) is 0 Å². The first-order valence-corrected chi connectivity index (χ1v) is 15.3. The SMILES string of the molecule is CCCCCCCCCCCCC(Cl)(CCCCCCCCCCCC)Cc1ccccc1.N. The first-order valence-electron chi connectivity index (χ1n) is 14.9. The molecule has 0 unspecified atom stereocenters. The average molecular weight is 494 g/mol. The van der Waals surface area contributed by atoms with Crippen molar-refractivity contribution in [2.45, 2.75) is 166 Å². The molecule has 0 atom stereocenters. The largest absolute Gasteiger partial charge is 0.344 e. The Morgan fingerprint density at radius 1 is 0.500 bits per heavy atom. The quantitative estimate of drug-likeness (QED) is 0.113. The minimum Gasteiger partial charge on any atom is -0.344 e. The fourth-order valence-corrected chi connectivity index (χ4v) is 5.54. The van der Waals surface area contributed by atoms with Gasteiger partial charge in [-0.15, -0.1) is 11.6 Å². The summed E-state index contributed by atoms with van der Waals surface area (Å²) in [6.45, 7) is 4.59. The van der Waals surface area contributed by atoms with E-state index in [-0.39, 0.29) is 11.0 Å². The van der Waals surface area contributed by atoms with Crippen LogP contribution >= 0.6 is 11.6 Å². The zero-order valence-corrected chi connectivity index (χ0v) is 24.0. The van der Waals surface area contributed by atoms with Crippen molar-refractivity contribution in [3.05, 3.63) is 35.9 Å². The summed E-state index contributed by atoms with van der Waals surface area (Å²) in [5, 5.41) is 0. The maximum Gasteiger partial charge on any atom is 0.0487 e. The van der Waals surface area contributed by atoms with E-state index in [1.807, 2.05) is 0 Å². The first-order chi connectivity index (χ1) is 16.2. The molecule has 1 aromatic carbocycles. The standard InChI is InChI=1S/C32H57Cl.H3N/c1-3-5-7-9-11-13-15-17-19-24-28-32(33,30-31-26-22-21-23-27-31)29-25-20-18-16-14-12-10-8-6-4-2;/h21-23,26-27H,3-20,24-25,28-30H2,1-2H3;1H3. The van der Waals surface area contributed by atoms with Crippen LogP contribution in [0.5, 0.6) is 0 Å². The van der Waals surface area contributed by atoms with E-state index in [9.17, 15) is 0 Å². The molecule has 0 heterocycles. The highest BCUT2D eigenvalue weighted by molar-refractivity contribution is 6.24. The molecule has 34 heavy (non-hydrogen) atoms. The molecule has 2 heteroatoms. The van der Waals surface area contributed by atoms with Gasteiger partial charge in [-0.2, -0.15) is 0 Å². The van der Waals surface area contributed by atoms with Crippen LogP contribution in [0.4, 0.5) is 0 Å². The molecule has 0 aliphatic carbocycles. The number of alkyl halides is 1. The van der Waals surface area contributed by atoms with Crippen LogP contribution in [0.15, 0.2) is 30.3 Å². The lowest BCUT2D eigenvalue weighted by Gasteiger charge is -2.28. The molecule has 0 amide bonds. The molecule has 0 saturated heterocycles. The summed E-state index contributed by atoms with van der Waals surface area (Å²) in [5.41, 5.74) is 1.41. The molecule has 0 bridgehead atoms. The molecule has 0 radical (unpaired) electrons. The molecule has 0 fully saturated rings. The fourth-order valence-electron chi connectivity index (χ4n) is 5.12. The molecule has 3 N–H and O–H groups in total. The van der Waals surface area contributed by atoms with Crippen LogP contribution in [0.1, 0.15) is 161 Å². The molecule has 0 saturated carbocycles. The summed E-state index contributed by atoms with van der Waals surface area (Å²) < 4.78 is 0. The molecular weight excluding hydrogens is 434 g/mol. The van der Waals surface area contributed by atoms with Gasteiger partial charge >= 0.3 is 0 Å². The van der Waals surface area contributed by atoms with Crippen LogP contribution < -0.4 is 6.15 Å². The predicted octanol–water partition coefficient (Wildman–Crippen LogP) is 12.0. The molecule has 0 aliphatic heterocycles. The zero-order chi connectivity index (χ0) is 23.9. The van der Waals surface area contributed by atoms with Gasteiger partial charge < -0.3 is 6.15 Å². The topological polar surface area (TPSA) is 35.0 Å². The second-order valence-corrected chi connectivity index (χ2v) is 11.5. The molecule has 1 nitrogen and oxygen atoms in total. The van der Waals surface area contributed by atoms with E-state index >= 15 is 0 Å². The van der Waals surface area contributed by atoms with Gasteiger partial charge in [-0.05, 0) is 24.8 Å². The van der Waals surface area contributed by atoms with Crippen molar-refractivity contribution in [1.29, 1.82) is 0 Å². The van der Waals surface area contributed by atoms with Gasteiger partial charge in [-0.3, -0.25) is 0 Å². The highest BCUT2D eigenvalue weighted by Crippen LogP contribution is 2.33. The number of benzene rings is 1. The molecule has 1 aromatic rings. The smallest absolute Gasteiger partial charge is 0.0487 e. The second kappa shape index (κ2) is 24.2. The molecule has 0 aromatic heterocycles. The maximum absolute atomic E-state index is 7.30. The summed E-state index contributed by atoms with van der Waals surface area (Å²) in [5.74, 6) is 0. The fraction of sp³-hybridized carbons (Fsp3) is 0.812. The first kappa shape index (κ1) is 33.5. The zero-order valence-electron chi connectivity index (χ0n) is 23.2.